The third-order valence-electron chi connectivity index (χ3n) is 1.88. The van der Waals surface area contributed by atoms with Crippen LogP contribution in [0.15, 0.2) is 18.7 Å². The third kappa shape index (κ3) is 2.28. The van der Waals surface area contributed by atoms with Crippen molar-refractivity contribution in [1.82, 2.24) is 0 Å². The van der Waals surface area contributed by atoms with Crippen molar-refractivity contribution < 1.29 is 19.2 Å². The van der Waals surface area contributed by atoms with Crippen LogP contribution < -0.4 is 0 Å². The first-order valence-electron chi connectivity index (χ1n) is 4.46. The van der Waals surface area contributed by atoms with Crippen LogP contribution in [-0.2, 0) is 4.74 Å². The molecule has 0 atom stereocenters. The zero-order valence-corrected chi connectivity index (χ0v) is 8.57. The number of benzene rings is 1. The average Bonchev–Trinajstić information content (AvgIpc) is 2.20. The fourth-order valence-electron chi connectivity index (χ4n) is 1.17. The lowest BCUT2D eigenvalue weighted by atomic mass is 10.1. The van der Waals surface area contributed by atoms with E-state index in [9.17, 15) is 19.6 Å². The number of phenolic OH excluding ortho intramolecular Hbond substituents is 1. The van der Waals surface area contributed by atoms with E-state index >= 15 is 0 Å². The molecule has 0 heterocycles. The van der Waals surface area contributed by atoms with Crippen LogP contribution in [0.25, 0.3) is 5.76 Å². The first-order chi connectivity index (χ1) is 7.47. The Labute approximate surface area is 90.9 Å². The fourth-order valence-corrected chi connectivity index (χ4v) is 1.17. The van der Waals surface area contributed by atoms with Gasteiger partial charge in [-0.3, -0.25) is 10.1 Å². The highest BCUT2D eigenvalue weighted by atomic mass is 19.1. The molecule has 0 amide bonds. The Kier molecular flexibility index (Phi) is 3.44. The summed E-state index contributed by atoms with van der Waals surface area (Å²) in [6, 6.07) is 1.56. The Morgan fingerprint density at radius 2 is 2.31 bits per heavy atom. The molecule has 0 aliphatic rings. The van der Waals surface area contributed by atoms with Crippen LogP contribution in [0.2, 0.25) is 0 Å². The first-order valence-corrected chi connectivity index (χ1v) is 4.46. The Bertz CT molecular complexity index is 445. The standard InChI is InChI=1S/C10H10FNO4/c1-3-16-6(2)7-4-8(11)9(12(14)15)5-10(7)13/h4-5,13H,2-3H2,1H3. The minimum absolute atomic E-state index is 0.00458. The first kappa shape index (κ1) is 12.0. The number of aromatic hydroxyl groups is 1. The average molecular weight is 227 g/mol. The summed E-state index contributed by atoms with van der Waals surface area (Å²) in [6.07, 6.45) is 0. The second kappa shape index (κ2) is 4.61. The molecule has 1 rings (SSSR count). The molecule has 0 saturated carbocycles. The molecule has 5 nitrogen and oxygen atoms in total. The summed E-state index contributed by atoms with van der Waals surface area (Å²) in [4.78, 5) is 9.47. The second-order valence-corrected chi connectivity index (χ2v) is 2.93. The molecular formula is C10H10FNO4. The number of rotatable bonds is 4. The molecular weight excluding hydrogens is 217 g/mol. The van der Waals surface area contributed by atoms with Gasteiger partial charge in [0.05, 0.1) is 23.2 Å². The molecule has 0 aliphatic carbocycles. The highest BCUT2D eigenvalue weighted by molar-refractivity contribution is 5.65. The summed E-state index contributed by atoms with van der Waals surface area (Å²) in [6.45, 7) is 5.47. The molecule has 0 saturated heterocycles. The van der Waals surface area contributed by atoms with Gasteiger partial charge >= 0.3 is 5.69 Å². The smallest absolute Gasteiger partial charge is 0.308 e. The van der Waals surface area contributed by atoms with E-state index in [-0.39, 0.29) is 11.3 Å². The third-order valence-corrected chi connectivity index (χ3v) is 1.88. The quantitative estimate of drug-likeness (QED) is 0.487. The van der Waals surface area contributed by atoms with Crippen LogP contribution in [0.4, 0.5) is 10.1 Å². The molecule has 1 N–H and O–H groups in total. The van der Waals surface area contributed by atoms with Gasteiger partial charge in [-0.25, -0.2) is 0 Å². The summed E-state index contributed by atoms with van der Waals surface area (Å²) in [5.74, 6) is -1.42. The van der Waals surface area contributed by atoms with Crippen molar-refractivity contribution in [2.24, 2.45) is 0 Å². The van der Waals surface area contributed by atoms with E-state index in [4.69, 9.17) is 4.74 Å². The molecule has 0 aliphatic heterocycles. The molecule has 0 unspecified atom stereocenters. The number of ether oxygens (including phenoxy) is 1. The topological polar surface area (TPSA) is 72.6 Å². The molecule has 16 heavy (non-hydrogen) atoms. The molecule has 0 aromatic heterocycles. The summed E-state index contributed by atoms with van der Waals surface area (Å²) in [5, 5.41) is 19.8. The number of nitro benzene ring substituents is 1. The van der Waals surface area contributed by atoms with E-state index in [1.165, 1.54) is 0 Å². The molecule has 0 fully saturated rings. The van der Waals surface area contributed by atoms with Gasteiger partial charge in [-0.1, -0.05) is 6.58 Å². The van der Waals surface area contributed by atoms with E-state index in [1.54, 1.807) is 6.92 Å². The van der Waals surface area contributed by atoms with Crippen molar-refractivity contribution in [2.75, 3.05) is 6.61 Å². The van der Waals surface area contributed by atoms with E-state index in [0.29, 0.717) is 6.61 Å². The SMILES string of the molecule is C=C(OCC)c1cc(F)c([N+](=O)[O-])cc1O. The maximum atomic E-state index is 13.2. The van der Waals surface area contributed by atoms with Gasteiger partial charge in [0.2, 0.25) is 5.82 Å². The maximum Gasteiger partial charge on any atom is 0.308 e. The number of halogens is 1. The van der Waals surface area contributed by atoms with Gasteiger partial charge in [0, 0.05) is 0 Å². The Hall–Kier alpha value is -2.11. The van der Waals surface area contributed by atoms with Crippen molar-refractivity contribution >= 4 is 11.4 Å². The normalized spacial score (nSPS) is 9.88. The number of phenols is 1. The fraction of sp³-hybridized carbons (Fsp3) is 0.200. The van der Waals surface area contributed by atoms with Crippen molar-refractivity contribution in [2.45, 2.75) is 6.92 Å². The molecule has 0 bridgehead atoms. The van der Waals surface area contributed by atoms with Gasteiger partial charge in [0.1, 0.15) is 11.5 Å². The highest BCUT2D eigenvalue weighted by Gasteiger charge is 2.19. The maximum absolute atomic E-state index is 13.2. The van der Waals surface area contributed by atoms with E-state index in [0.717, 1.165) is 12.1 Å². The summed E-state index contributed by atoms with van der Waals surface area (Å²) >= 11 is 0. The van der Waals surface area contributed by atoms with Crippen LogP contribution in [0.3, 0.4) is 0 Å². The van der Waals surface area contributed by atoms with Crippen molar-refractivity contribution in [3.8, 4) is 5.75 Å². The summed E-state index contributed by atoms with van der Waals surface area (Å²) in [7, 11) is 0. The van der Waals surface area contributed by atoms with Gasteiger partial charge in [-0.05, 0) is 13.0 Å². The van der Waals surface area contributed by atoms with Crippen LogP contribution in [0.5, 0.6) is 5.75 Å². The Morgan fingerprint density at radius 1 is 1.69 bits per heavy atom. The predicted molar refractivity (Wildman–Crippen MR) is 55.4 cm³/mol. The minimum Gasteiger partial charge on any atom is -0.507 e. The van der Waals surface area contributed by atoms with Gasteiger partial charge in [-0.2, -0.15) is 4.39 Å². The zero-order chi connectivity index (χ0) is 12.3. The van der Waals surface area contributed by atoms with Crippen LogP contribution in [0, 0.1) is 15.9 Å². The predicted octanol–water partition coefficient (Wildman–Crippen LogP) is 2.45. The Morgan fingerprint density at radius 3 is 2.81 bits per heavy atom. The largest absolute Gasteiger partial charge is 0.507 e. The molecule has 0 radical (unpaired) electrons. The van der Waals surface area contributed by atoms with Crippen molar-refractivity contribution in [3.63, 3.8) is 0 Å². The van der Waals surface area contributed by atoms with Crippen molar-refractivity contribution in [1.29, 1.82) is 0 Å². The van der Waals surface area contributed by atoms with Gasteiger partial charge in [-0.15, -0.1) is 0 Å². The van der Waals surface area contributed by atoms with Crippen LogP contribution in [-0.4, -0.2) is 16.6 Å². The lowest BCUT2D eigenvalue weighted by Crippen LogP contribution is -1.96. The molecule has 86 valence electrons. The van der Waals surface area contributed by atoms with Crippen LogP contribution in [0.1, 0.15) is 12.5 Å². The van der Waals surface area contributed by atoms with Crippen molar-refractivity contribution in [3.05, 3.63) is 40.2 Å². The number of nitro groups is 1. The molecule has 1 aromatic rings. The Balaban J connectivity index is 3.20. The van der Waals surface area contributed by atoms with Gasteiger partial charge in [0.25, 0.3) is 0 Å². The van der Waals surface area contributed by atoms with E-state index in [1.807, 2.05) is 0 Å². The number of hydrogen-bond acceptors (Lipinski definition) is 4. The summed E-state index contributed by atoms with van der Waals surface area (Å²) < 4.78 is 18.2. The monoisotopic (exact) mass is 227 g/mol. The lowest BCUT2D eigenvalue weighted by Gasteiger charge is -2.08. The highest BCUT2D eigenvalue weighted by Crippen LogP contribution is 2.31. The zero-order valence-electron chi connectivity index (χ0n) is 8.57. The summed E-state index contributed by atoms with van der Waals surface area (Å²) in [5.41, 5.74) is -0.782. The number of nitrogens with zero attached hydrogens (tertiary/aromatic N) is 1. The minimum atomic E-state index is -1.04. The molecule has 6 heteroatoms. The van der Waals surface area contributed by atoms with Gasteiger partial charge < -0.3 is 9.84 Å². The molecule has 1 aromatic carbocycles. The number of hydrogen-bond donors (Lipinski definition) is 1. The van der Waals surface area contributed by atoms with E-state index < -0.39 is 22.2 Å². The molecule has 0 spiro atoms. The van der Waals surface area contributed by atoms with Crippen LogP contribution >= 0.6 is 0 Å². The van der Waals surface area contributed by atoms with E-state index in [2.05, 4.69) is 6.58 Å². The van der Waals surface area contributed by atoms with Gasteiger partial charge in [0.15, 0.2) is 0 Å². The second-order valence-electron chi connectivity index (χ2n) is 2.93. The lowest BCUT2D eigenvalue weighted by molar-refractivity contribution is -0.387.